The standard InChI is InChI=1S/C48H31NO/c1-2-10-32(11-3-1)37-13-8-14-40(30-37)49(45-18-9-17-43-42-16-6-7-19-46(42)50-48(43)45)39-28-26-33(27-29-39)38-25-22-35-21-24-36-23-20-34-12-4-5-15-41(34)47(36)44(35)31-38/h1-31H. The van der Waals surface area contributed by atoms with Crippen LogP contribution in [0, 0.1) is 0 Å². The summed E-state index contributed by atoms with van der Waals surface area (Å²) in [6, 6.07) is 67.5. The van der Waals surface area contributed by atoms with Crippen LogP contribution in [0.15, 0.2) is 192 Å². The van der Waals surface area contributed by atoms with E-state index in [-0.39, 0.29) is 0 Å². The lowest BCUT2D eigenvalue weighted by molar-refractivity contribution is 0.669. The van der Waals surface area contributed by atoms with Gasteiger partial charge in [0.05, 0.1) is 5.69 Å². The lowest BCUT2D eigenvalue weighted by Gasteiger charge is -2.26. The van der Waals surface area contributed by atoms with Gasteiger partial charge in [0.25, 0.3) is 0 Å². The van der Waals surface area contributed by atoms with Gasteiger partial charge in [-0.15, -0.1) is 0 Å². The Morgan fingerprint density at radius 3 is 1.80 bits per heavy atom. The van der Waals surface area contributed by atoms with E-state index in [1.54, 1.807) is 0 Å². The van der Waals surface area contributed by atoms with Crippen LogP contribution in [-0.2, 0) is 0 Å². The Morgan fingerprint density at radius 2 is 0.940 bits per heavy atom. The van der Waals surface area contributed by atoms with Crippen LogP contribution in [-0.4, -0.2) is 0 Å². The zero-order valence-corrected chi connectivity index (χ0v) is 27.3. The molecule has 1 heterocycles. The number of nitrogens with zero attached hydrogens (tertiary/aromatic N) is 1. The van der Waals surface area contributed by atoms with Crippen molar-refractivity contribution in [2.24, 2.45) is 0 Å². The third kappa shape index (κ3) is 4.65. The van der Waals surface area contributed by atoms with Gasteiger partial charge < -0.3 is 9.32 Å². The van der Waals surface area contributed by atoms with Gasteiger partial charge in [0.1, 0.15) is 5.58 Å². The second-order valence-corrected chi connectivity index (χ2v) is 12.9. The van der Waals surface area contributed by atoms with Crippen molar-refractivity contribution in [1.82, 2.24) is 0 Å². The minimum atomic E-state index is 0.872. The summed E-state index contributed by atoms with van der Waals surface area (Å²) in [5.74, 6) is 0. The number of para-hydroxylation sites is 2. The molecule has 0 saturated carbocycles. The van der Waals surface area contributed by atoms with Crippen molar-refractivity contribution < 1.29 is 4.42 Å². The molecule has 0 bridgehead atoms. The molecule has 0 N–H and O–H groups in total. The summed E-state index contributed by atoms with van der Waals surface area (Å²) in [6.45, 7) is 0. The monoisotopic (exact) mass is 637 g/mol. The van der Waals surface area contributed by atoms with Crippen molar-refractivity contribution in [3.63, 3.8) is 0 Å². The summed E-state index contributed by atoms with van der Waals surface area (Å²) in [5.41, 5.74) is 9.60. The number of anilines is 3. The maximum Gasteiger partial charge on any atom is 0.159 e. The van der Waals surface area contributed by atoms with Gasteiger partial charge in [-0.25, -0.2) is 0 Å². The maximum absolute atomic E-state index is 6.58. The third-order valence-electron chi connectivity index (χ3n) is 10.0. The summed E-state index contributed by atoms with van der Waals surface area (Å²) >= 11 is 0. The molecule has 0 unspecified atom stereocenters. The topological polar surface area (TPSA) is 16.4 Å². The molecule has 0 radical (unpaired) electrons. The normalized spacial score (nSPS) is 11.6. The van der Waals surface area contributed by atoms with E-state index >= 15 is 0 Å². The molecule has 1 aromatic heterocycles. The molecule has 2 nitrogen and oxygen atoms in total. The molecule has 2 heteroatoms. The molecule has 0 fully saturated rings. The highest BCUT2D eigenvalue weighted by atomic mass is 16.3. The predicted molar refractivity (Wildman–Crippen MR) is 212 cm³/mol. The van der Waals surface area contributed by atoms with Gasteiger partial charge in [0, 0.05) is 22.1 Å². The smallest absolute Gasteiger partial charge is 0.159 e. The molecule has 9 aromatic carbocycles. The van der Waals surface area contributed by atoms with Crippen LogP contribution in [0.5, 0.6) is 0 Å². The molecule has 0 amide bonds. The third-order valence-corrected chi connectivity index (χ3v) is 10.0. The highest BCUT2D eigenvalue weighted by Crippen LogP contribution is 2.43. The van der Waals surface area contributed by atoms with Crippen molar-refractivity contribution in [2.45, 2.75) is 0 Å². The Kier molecular flexibility index (Phi) is 6.53. The van der Waals surface area contributed by atoms with Crippen LogP contribution in [0.1, 0.15) is 0 Å². The summed E-state index contributed by atoms with van der Waals surface area (Å²) in [6.07, 6.45) is 0. The van der Waals surface area contributed by atoms with Crippen molar-refractivity contribution in [3.05, 3.63) is 188 Å². The van der Waals surface area contributed by atoms with E-state index in [9.17, 15) is 0 Å². The van der Waals surface area contributed by atoms with E-state index in [1.165, 1.54) is 49.0 Å². The maximum atomic E-state index is 6.58. The highest BCUT2D eigenvalue weighted by Gasteiger charge is 2.20. The lowest BCUT2D eigenvalue weighted by atomic mass is 9.94. The number of benzene rings is 9. The minimum Gasteiger partial charge on any atom is -0.454 e. The molecule has 10 aromatic rings. The van der Waals surface area contributed by atoms with Gasteiger partial charge in [-0.05, 0) is 97.0 Å². The first-order valence-corrected chi connectivity index (χ1v) is 17.1. The summed E-state index contributed by atoms with van der Waals surface area (Å²) in [4.78, 5) is 2.32. The number of hydrogen-bond acceptors (Lipinski definition) is 2. The van der Waals surface area contributed by atoms with Crippen molar-refractivity contribution in [1.29, 1.82) is 0 Å². The van der Waals surface area contributed by atoms with E-state index < -0.39 is 0 Å². The van der Waals surface area contributed by atoms with Gasteiger partial charge in [0.15, 0.2) is 5.58 Å². The molecule has 0 aliphatic carbocycles. The van der Waals surface area contributed by atoms with Crippen LogP contribution in [0.3, 0.4) is 0 Å². The van der Waals surface area contributed by atoms with E-state index in [0.29, 0.717) is 0 Å². The number of rotatable bonds is 5. The van der Waals surface area contributed by atoms with E-state index in [4.69, 9.17) is 4.42 Å². The average Bonchev–Trinajstić information content (AvgIpc) is 3.58. The van der Waals surface area contributed by atoms with Gasteiger partial charge in [-0.1, -0.05) is 146 Å². The first-order valence-electron chi connectivity index (χ1n) is 17.1. The van der Waals surface area contributed by atoms with Crippen LogP contribution in [0.4, 0.5) is 17.1 Å². The predicted octanol–water partition coefficient (Wildman–Crippen LogP) is 13.8. The van der Waals surface area contributed by atoms with E-state index in [1.807, 2.05) is 12.1 Å². The fraction of sp³-hybridized carbons (Fsp3) is 0. The first-order chi connectivity index (χ1) is 24.8. The number of fused-ring (bicyclic) bond motifs is 8. The van der Waals surface area contributed by atoms with Gasteiger partial charge in [-0.3, -0.25) is 0 Å². The zero-order valence-electron chi connectivity index (χ0n) is 27.3. The molecule has 0 saturated heterocycles. The minimum absolute atomic E-state index is 0.872. The van der Waals surface area contributed by atoms with Crippen LogP contribution < -0.4 is 4.90 Å². The Hall–Kier alpha value is -6.64. The molecule has 50 heavy (non-hydrogen) atoms. The van der Waals surface area contributed by atoms with Crippen molar-refractivity contribution >= 4 is 71.3 Å². The van der Waals surface area contributed by atoms with E-state index in [2.05, 4.69) is 181 Å². The SMILES string of the molecule is c1ccc(-c2cccc(N(c3ccc(-c4ccc5ccc6ccc7ccccc7c6c5c4)cc3)c3cccc4c3oc3ccccc34)c2)cc1. The second kappa shape index (κ2) is 11.5. The van der Waals surface area contributed by atoms with Crippen LogP contribution >= 0.6 is 0 Å². The number of furan rings is 1. The molecular weight excluding hydrogens is 607 g/mol. The summed E-state index contributed by atoms with van der Waals surface area (Å²) < 4.78 is 6.58. The Labute approximate surface area is 290 Å². The Morgan fingerprint density at radius 1 is 0.340 bits per heavy atom. The quantitative estimate of drug-likeness (QED) is 0.175. The molecule has 0 atom stereocenters. The average molecular weight is 638 g/mol. The fourth-order valence-corrected chi connectivity index (χ4v) is 7.60. The molecular formula is C48H31NO. The molecule has 0 aliphatic rings. The highest BCUT2D eigenvalue weighted by molar-refractivity contribution is 6.20. The Balaban J connectivity index is 1.13. The molecule has 10 rings (SSSR count). The molecule has 0 spiro atoms. The van der Waals surface area contributed by atoms with Crippen molar-refractivity contribution in [3.8, 4) is 22.3 Å². The van der Waals surface area contributed by atoms with E-state index in [0.717, 1.165) is 44.6 Å². The number of hydrogen-bond donors (Lipinski definition) is 0. The van der Waals surface area contributed by atoms with Crippen molar-refractivity contribution in [2.75, 3.05) is 4.90 Å². The zero-order chi connectivity index (χ0) is 33.0. The fourth-order valence-electron chi connectivity index (χ4n) is 7.60. The molecule has 234 valence electrons. The largest absolute Gasteiger partial charge is 0.454 e. The summed E-state index contributed by atoms with van der Waals surface area (Å²) in [7, 11) is 0. The lowest BCUT2D eigenvalue weighted by Crippen LogP contribution is -2.10. The second-order valence-electron chi connectivity index (χ2n) is 12.9. The Bertz CT molecular complexity index is 2860. The van der Waals surface area contributed by atoms with Gasteiger partial charge in [-0.2, -0.15) is 0 Å². The molecule has 0 aliphatic heterocycles. The van der Waals surface area contributed by atoms with Crippen LogP contribution in [0.25, 0.3) is 76.5 Å². The first kappa shape index (κ1) is 28.4. The van der Waals surface area contributed by atoms with Gasteiger partial charge in [0.2, 0.25) is 0 Å². The van der Waals surface area contributed by atoms with Crippen LogP contribution in [0.2, 0.25) is 0 Å². The summed E-state index contributed by atoms with van der Waals surface area (Å²) in [5, 5.41) is 9.87. The van der Waals surface area contributed by atoms with Gasteiger partial charge >= 0.3 is 0 Å².